The van der Waals surface area contributed by atoms with E-state index in [2.05, 4.69) is 30.4 Å². The summed E-state index contributed by atoms with van der Waals surface area (Å²) in [7, 11) is 1.24. The van der Waals surface area contributed by atoms with Crippen LogP contribution in [0.1, 0.15) is 23.2 Å². The molecule has 0 spiro atoms. The summed E-state index contributed by atoms with van der Waals surface area (Å²) < 4.78 is 5.72. The highest BCUT2D eigenvalue weighted by Gasteiger charge is 2.15. The molecule has 3 aromatic rings. The predicted octanol–water partition coefficient (Wildman–Crippen LogP) is 0.560. The van der Waals surface area contributed by atoms with E-state index in [9.17, 15) is 14.4 Å². The Hall–Kier alpha value is -3.69. The van der Waals surface area contributed by atoms with Gasteiger partial charge in [0.15, 0.2) is 0 Å². The Kier molecular flexibility index (Phi) is 6.22. The number of ether oxygens (including phenoxy) is 1. The van der Waals surface area contributed by atoms with Gasteiger partial charge in [0.05, 0.1) is 12.8 Å². The van der Waals surface area contributed by atoms with Crippen molar-refractivity contribution in [3.8, 4) is 0 Å². The largest absolute Gasteiger partial charge is 0.468 e. The Morgan fingerprint density at radius 3 is 2.69 bits per heavy atom. The van der Waals surface area contributed by atoms with Crippen LogP contribution >= 0.6 is 0 Å². The number of amides is 1. The number of nitrogens with one attached hydrogen (secondary N) is 3. The normalized spacial score (nSPS) is 10.7. The summed E-state index contributed by atoms with van der Waals surface area (Å²) in [5.41, 5.74) is 1.68. The van der Waals surface area contributed by atoms with E-state index in [1.54, 1.807) is 6.92 Å². The number of methoxy groups -OCH3 is 1. The van der Waals surface area contributed by atoms with Gasteiger partial charge >= 0.3 is 5.97 Å². The molecular weight excluding hydrogens is 376 g/mol. The molecule has 3 rings (SSSR count). The number of anilines is 1. The third-order valence-electron chi connectivity index (χ3n) is 4.36. The Labute approximate surface area is 166 Å². The number of benzene rings is 1. The third kappa shape index (κ3) is 4.98. The van der Waals surface area contributed by atoms with Gasteiger partial charge in [0, 0.05) is 18.5 Å². The molecule has 0 bridgehead atoms. The minimum absolute atomic E-state index is 0.0497. The molecule has 152 valence electrons. The van der Waals surface area contributed by atoms with E-state index >= 15 is 0 Å². The van der Waals surface area contributed by atoms with Crippen LogP contribution in [0.5, 0.6) is 0 Å². The molecule has 2 aromatic heterocycles. The number of hydrogen-bond donors (Lipinski definition) is 3. The van der Waals surface area contributed by atoms with Gasteiger partial charge in [-0.3, -0.25) is 19.5 Å². The zero-order valence-corrected chi connectivity index (χ0v) is 16.2. The molecule has 10 nitrogen and oxygen atoms in total. The van der Waals surface area contributed by atoms with Crippen molar-refractivity contribution >= 4 is 23.6 Å². The highest BCUT2D eigenvalue weighted by atomic mass is 16.5. The number of hydrogen-bond acceptors (Lipinski definition) is 7. The zero-order valence-electron chi connectivity index (χ0n) is 16.2. The molecule has 0 atom stereocenters. The molecule has 10 heteroatoms. The molecule has 0 aliphatic rings. The van der Waals surface area contributed by atoms with Crippen LogP contribution in [-0.4, -0.2) is 45.1 Å². The first kappa shape index (κ1) is 20.1. The van der Waals surface area contributed by atoms with Crippen molar-refractivity contribution in [3.05, 3.63) is 57.5 Å². The van der Waals surface area contributed by atoms with Crippen LogP contribution in [0.25, 0.3) is 5.78 Å². The third-order valence-corrected chi connectivity index (χ3v) is 4.36. The lowest BCUT2D eigenvalue weighted by atomic mass is 10.1. The monoisotopic (exact) mass is 398 g/mol. The number of carbonyl (C=O) groups excluding carboxylic acids is 2. The van der Waals surface area contributed by atoms with Gasteiger partial charge in [-0.05, 0) is 18.9 Å². The molecule has 3 N–H and O–H groups in total. The van der Waals surface area contributed by atoms with Crippen molar-refractivity contribution in [1.82, 2.24) is 24.9 Å². The number of aryl methyl sites for hydroxylation is 1. The fourth-order valence-corrected chi connectivity index (χ4v) is 2.77. The molecule has 0 radical (unpaired) electrons. The van der Waals surface area contributed by atoms with E-state index in [0.29, 0.717) is 23.8 Å². The fourth-order valence-electron chi connectivity index (χ4n) is 2.77. The van der Waals surface area contributed by atoms with Crippen molar-refractivity contribution in [2.24, 2.45) is 0 Å². The smallest absolute Gasteiger partial charge is 0.325 e. The van der Waals surface area contributed by atoms with E-state index in [1.807, 2.05) is 30.3 Å². The van der Waals surface area contributed by atoms with Crippen LogP contribution < -0.4 is 16.2 Å². The SMILES string of the molecule is COC(=O)CNC(=O)CCc1c(C)nc2nc(NCc3ccccc3)[nH]n2c1=O. The second-order valence-corrected chi connectivity index (χ2v) is 6.38. The molecule has 0 saturated carbocycles. The van der Waals surface area contributed by atoms with E-state index in [-0.39, 0.29) is 36.6 Å². The van der Waals surface area contributed by atoms with Gasteiger partial charge in [0.25, 0.3) is 11.3 Å². The Morgan fingerprint density at radius 1 is 1.21 bits per heavy atom. The maximum atomic E-state index is 12.8. The minimum Gasteiger partial charge on any atom is -0.468 e. The summed E-state index contributed by atoms with van der Waals surface area (Å²) >= 11 is 0. The van der Waals surface area contributed by atoms with Crippen molar-refractivity contribution in [3.63, 3.8) is 0 Å². The quantitative estimate of drug-likeness (QED) is 0.473. The number of H-pyrrole nitrogens is 1. The lowest BCUT2D eigenvalue weighted by Crippen LogP contribution is -2.31. The first-order chi connectivity index (χ1) is 14.0. The number of rotatable bonds is 8. The van der Waals surface area contributed by atoms with E-state index in [0.717, 1.165) is 5.56 Å². The molecule has 0 aliphatic carbocycles. The standard InChI is InChI=1S/C19H22N6O4/c1-12-14(8-9-15(26)20-11-16(27)29-2)17(28)25-19(22-12)23-18(24-25)21-10-13-6-4-3-5-7-13/h3-7H,8-11H2,1-2H3,(H,20,26)(H2,21,22,23,24). The zero-order chi connectivity index (χ0) is 20.8. The predicted molar refractivity (Wildman–Crippen MR) is 105 cm³/mol. The van der Waals surface area contributed by atoms with Crippen LogP contribution in [0, 0.1) is 6.92 Å². The van der Waals surface area contributed by atoms with Crippen LogP contribution in [0.15, 0.2) is 35.1 Å². The summed E-state index contributed by atoms with van der Waals surface area (Å²) in [6.07, 6.45) is 0.244. The fraction of sp³-hybridized carbons (Fsp3) is 0.316. The van der Waals surface area contributed by atoms with Crippen LogP contribution in [0.3, 0.4) is 0 Å². The van der Waals surface area contributed by atoms with E-state index < -0.39 is 5.97 Å². The minimum atomic E-state index is -0.536. The first-order valence-corrected chi connectivity index (χ1v) is 9.07. The van der Waals surface area contributed by atoms with Gasteiger partial charge in [0.1, 0.15) is 6.54 Å². The van der Waals surface area contributed by atoms with E-state index in [1.165, 1.54) is 11.6 Å². The number of fused-ring (bicyclic) bond motifs is 1. The summed E-state index contributed by atoms with van der Waals surface area (Å²) in [6, 6.07) is 9.78. The second kappa shape index (κ2) is 9.00. The number of esters is 1. The number of aromatic amines is 1. The van der Waals surface area contributed by atoms with Gasteiger partial charge in [-0.2, -0.15) is 9.50 Å². The second-order valence-electron chi connectivity index (χ2n) is 6.38. The summed E-state index contributed by atoms with van der Waals surface area (Å²) in [4.78, 5) is 44.4. The molecule has 0 unspecified atom stereocenters. The maximum absolute atomic E-state index is 12.8. The van der Waals surface area contributed by atoms with Crippen molar-refractivity contribution in [2.75, 3.05) is 19.0 Å². The van der Waals surface area contributed by atoms with Crippen LogP contribution in [-0.2, 0) is 27.3 Å². The average Bonchev–Trinajstić information content (AvgIpc) is 3.14. The summed E-state index contributed by atoms with van der Waals surface area (Å²) in [6.45, 7) is 2.04. The van der Waals surface area contributed by atoms with Crippen LogP contribution in [0.4, 0.5) is 5.95 Å². The molecule has 0 fully saturated rings. The summed E-state index contributed by atoms with van der Waals surface area (Å²) in [5.74, 6) is -0.215. The van der Waals surface area contributed by atoms with Gasteiger partial charge < -0.3 is 15.4 Å². The van der Waals surface area contributed by atoms with Gasteiger partial charge in [-0.15, -0.1) is 0 Å². The molecule has 1 amide bonds. The summed E-state index contributed by atoms with van der Waals surface area (Å²) in [5, 5.41) is 8.46. The molecule has 0 aliphatic heterocycles. The highest BCUT2D eigenvalue weighted by Crippen LogP contribution is 2.08. The number of aromatic nitrogens is 4. The molecule has 1 aromatic carbocycles. The van der Waals surface area contributed by atoms with Crippen molar-refractivity contribution in [2.45, 2.75) is 26.3 Å². The van der Waals surface area contributed by atoms with Gasteiger partial charge in [-0.1, -0.05) is 30.3 Å². The van der Waals surface area contributed by atoms with Crippen LogP contribution in [0.2, 0.25) is 0 Å². The topological polar surface area (TPSA) is 130 Å². The molecule has 29 heavy (non-hydrogen) atoms. The number of carbonyl (C=O) groups is 2. The Morgan fingerprint density at radius 2 is 1.97 bits per heavy atom. The van der Waals surface area contributed by atoms with Gasteiger partial charge in [0.2, 0.25) is 11.9 Å². The highest BCUT2D eigenvalue weighted by molar-refractivity contribution is 5.81. The Balaban J connectivity index is 1.70. The van der Waals surface area contributed by atoms with E-state index in [4.69, 9.17) is 0 Å². The number of nitrogens with zero attached hydrogens (tertiary/aromatic N) is 3. The van der Waals surface area contributed by atoms with Gasteiger partial charge in [-0.25, -0.2) is 4.98 Å². The first-order valence-electron chi connectivity index (χ1n) is 9.07. The van der Waals surface area contributed by atoms with Crippen molar-refractivity contribution in [1.29, 1.82) is 0 Å². The lowest BCUT2D eigenvalue weighted by molar-refractivity contribution is -0.141. The molecule has 2 heterocycles. The average molecular weight is 398 g/mol. The maximum Gasteiger partial charge on any atom is 0.325 e. The van der Waals surface area contributed by atoms with Crippen molar-refractivity contribution < 1.29 is 14.3 Å². The molecule has 0 saturated heterocycles. The molecular formula is C19H22N6O4. The lowest BCUT2D eigenvalue weighted by Gasteiger charge is -2.06. The Bertz CT molecular complexity index is 1070.